The first-order valence-electron chi connectivity index (χ1n) is 3.60. The Bertz CT molecular complexity index is 399. The number of rotatable bonds is 2. The molecule has 0 radical (unpaired) electrons. The molecule has 0 aliphatic rings. The van der Waals surface area contributed by atoms with E-state index in [4.69, 9.17) is 0 Å². The molecule has 7 nitrogen and oxygen atoms in total. The highest BCUT2D eigenvalue weighted by atomic mass is 16.7. The van der Waals surface area contributed by atoms with E-state index >= 15 is 0 Å². The molecule has 0 bridgehead atoms. The van der Waals surface area contributed by atoms with E-state index in [1.807, 2.05) is 0 Å². The number of hydrogen-bond donors (Lipinski definition) is 1. The first-order chi connectivity index (χ1) is 6.13. The Morgan fingerprint density at radius 3 is 3.00 bits per heavy atom. The number of aryl methyl sites for hydroxylation is 1. The molecule has 1 aromatic heterocycles. The van der Waals surface area contributed by atoms with Gasteiger partial charge in [-0.2, -0.15) is 4.98 Å². The van der Waals surface area contributed by atoms with Crippen molar-refractivity contribution < 1.29 is 5.03 Å². The predicted molar refractivity (Wildman–Crippen MR) is 44.9 cm³/mol. The molecule has 0 spiro atoms. The van der Waals surface area contributed by atoms with Crippen molar-refractivity contribution in [3.63, 3.8) is 0 Å². The van der Waals surface area contributed by atoms with Crippen LogP contribution in [-0.4, -0.2) is 19.8 Å². The fourth-order valence-electron chi connectivity index (χ4n) is 0.850. The number of nitrogens with zero attached hydrogens (tertiary/aromatic N) is 4. The fraction of sp³-hybridized carbons (Fsp3) is 0.333. The second-order valence-corrected chi connectivity index (χ2v) is 2.30. The molecule has 0 aliphatic heterocycles. The Kier molecular flexibility index (Phi) is 2.58. The molecule has 1 aromatic rings. The summed E-state index contributed by atoms with van der Waals surface area (Å²) in [5, 5.41) is 15.2. The molecule has 0 unspecified atom stereocenters. The van der Waals surface area contributed by atoms with Crippen molar-refractivity contribution in [2.75, 3.05) is 0 Å². The molecule has 70 valence electrons. The van der Waals surface area contributed by atoms with Gasteiger partial charge >= 0.3 is 5.62 Å². The number of aromatic amines is 1. The second-order valence-electron chi connectivity index (χ2n) is 2.30. The van der Waals surface area contributed by atoms with Gasteiger partial charge in [-0.25, -0.2) is 14.8 Å². The zero-order valence-electron chi connectivity index (χ0n) is 7.26. The molecule has 0 amide bonds. The number of nitro groups is 1. The van der Waals surface area contributed by atoms with Gasteiger partial charge < -0.3 is 0 Å². The maximum atomic E-state index is 10.1. The smallest absolute Gasteiger partial charge is 0.278 e. The molecular weight excluding hydrogens is 174 g/mol. The van der Waals surface area contributed by atoms with Crippen LogP contribution in [0, 0.1) is 17.0 Å². The number of H-pyrrole nitrogens is 1. The molecule has 1 rings (SSSR count). The second kappa shape index (κ2) is 3.65. The van der Waals surface area contributed by atoms with Crippen molar-refractivity contribution in [2.45, 2.75) is 13.8 Å². The van der Waals surface area contributed by atoms with E-state index in [9.17, 15) is 10.1 Å². The summed E-state index contributed by atoms with van der Waals surface area (Å²) in [7, 11) is 0. The summed E-state index contributed by atoms with van der Waals surface area (Å²) in [5.74, 6) is 0.568. The molecule has 7 heteroatoms. The lowest BCUT2D eigenvalue weighted by Crippen LogP contribution is -2.17. The van der Waals surface area contributed by atoms with Crippen LogP contribution in [0.15, 0.2) is 11.2 Å². The van der Waals surface area contributed by atoms with Gasteiger partial charge in [0.2, 0.25) is 0 Å². The number of nitrogens with one attached hydrogen (secondary N) is 1. The van der Waals surface area contributed by atoms with Crippen LogP contribution in [0.25, 0.3) is 6.20 Å². The summed E-state index contributed by atoms with van der Waals surface area (Å²) in [5.41, 5.74) is 0.0283. The maximum absolute atomic E-state index is 10.1. The maximum Gasteiger partial charge on any atom is 0.322 e. The predicted octanol–water partition coefficient (Wildman–Crippen LogP) is 0.103. The third-order valence-electron chi connectivity index (χ3n) is 1.23. The van der Waals surface area contributed by atoms with Crippen molar-refractivity contribution >= 4 is 6.20 Å². The molecule has 0 saturated carbocycles. The minimum atomic E-state index is -0.782. The van der Waals surface area contributed by atoms with Gasteiger partial charge in [0.15, 0.2) is 5.03 Å². The zero-order chi connectivity index (χ0) is 9.84. The van der Waals surface area contributed by atoms with Crippen LogP contribution in [0.1, 0.15) is 12.7 Å². The van der Waals surface area contributed by atoms with Crippen LogP contribution in [0.5, 0.6) is 0 Å². The SMILES string of the molecule is C/C=C/n1[nH]c(C)n/c1=N\[N+](=O)[O-]. The first kappa shape index (κ1) is 9.17. The Hall–Kier alpha value is -1.92. The van der Waals surface area contributed by atoms with Gasteiger partial charge in [0, 0.05) is 6.20 Å². The molecule has 0 fully saturated rings. The van der Waals surface area contributed by atoms with E-state index in [1.165, 1.54) is 4.68 Å². The van der Waals surface area contributed by atoms with Crippen molar-refractivity contribution in [1.82, 2.24) is 14.8 Å². The standard InChI is InChI=1S/C6H9N5O2/c1-3-4-10-6(9-11(12)13)7-5(2)8-10/h3-4H,1-2H3,(H,7,8,9)/b4-3+. The Morgan fingerprint density at radius 2 is 2.46 bits per heavy atom. The highest BCUT2D eigenvalue weighted by molar-refractivity contribution is 5.16. The van der Waals surface area contributed by atoms with Gasteiger partial charge in [0.1, 0.15) is 10.9 Å². The van der Waals surface area contributed by atoms with Crippen molar-refractivity contribution in [3.8, 4) is 0 Å². The largest absolute Gasteiger partial charge is 0.322 e. The Morgan fingerprint density at radius 1 is 1.77 bits per heavy atom. The lowest BCUT2D eigenvalue weighted by atomic mass is 10.7. The van der Waals surface area contributed by atoms with Crippen molar-refractivity contribution in [1.29, 1.82) is 0 Å². The molecular formula is C6H9N5O2. The van der Waals surface area contributed by atoms with Crippen LogP contribution in [-0.2, 0) is 0 Å². The third kappa shape index (κ3) is 2.26. The monoisotopic (exact) mass is 183 g/mol. The summed E-state index contributed by atoms with van der Waals surface area (Å²) in [6.45, 7) is 3.48. The number of allylic oxidation sites excluding steroid dienone is 1. The fourth-order valence-corrected chi connectivity index (χ4v) is 0.850. The van der Waals surface area contributed by atoms with Gasteiger partial charge in [0.05, 0.1) is 0 Å². The summed E-state index contributed by atoms with van der Waals surface area (Å²) in [4.78, 5) is 13.9. The van der Waals surface area contributed by atoms with Crippen LogP contribution >= 0.6 is 0 Å². The van der Waals surface area contributed by atoms with E-state index in [2.05, 4.69) is 15.2 Å². The number of aromatic nitrogens is 3. The lowest BCUT2D eigenvalue weighted by molar-refractivity contribution is -0.491. The summed E-state index contributed by atoms with van der Waals surface area (Å²) < 4.78 is 1.37. The minimum absolute atomic E-state index is 0.0283. The van der Waals surface area contributed by atoms with Crippen molar-refractivity contribution in [2.24, 2.45) is 5.10 Å². The van der Waals surface area contributed by atoms with Crippen LogP contribution < -0.4 is 5.62 Å². The van der Waals surface area contributed by atoms with Crippen LogP contribution in [0.3, 0.4) is 0 Å². The average Bonchev–Trinajstić information content (AvgIpc) is 2.31. The Balaban J connectivity index is 3.27. The van der Waals surface area contributed by atoms with Gasteiger partial charge in [-0.1, -0.05) is 6.08 Å². The summed E-state index contributed by atoms with van der Waals surface area (Å²) >= 11 is 0. The minimum Gasteiger partial charge on any atom is -0.278 e. The van der Waals surface area contributed by atoms with Crippen LogP contribution in [0.2, 0.25) is 0 Å². The highest BCUT2D eigenvalue weighted by Gasteiger charge is 1.99. The normalized spacial score (nSPS) is 12.6. The van der Waals surface area contributed by atoms with Gasteiger partial charge in [-0.05, 0) is 13.8 Å². The lowest BCUT2D eigenvalue weighted by Gasteiger charge is -1.87. The topological polar surface area (TPSA) is 89.1 Å². The van der Waals surface area contributed by atoms with Crippen molar-refractivity contribution in [3.05, 3.63) is 27.6 Å². The number of hydrogen-bond acceptors (Lipinski definition) is 3. The summed E-state index contributed by atoms with van der Waals surface area (Å²) in [6.07, 6.45) is 3.32. The van der Waals surface area contributed by atoms with Gasteiger partial charge in [-0.15, -0.1) is 0 Å². The van der Waals surface area contributed by atoms with Gasteiger partial charge in [-0.3, -0.25) is 5.10 Å². The van der Waals surface area contributed by atoms with Gasteiger partial charge in [0.25, 0.3) is 0 Å². The quantitative estimate of drug-likeness (QED) is 0.521. The molecule has 0 saturated heterocycles. The third-order valence-corrected chi connectivity index (χ3v) is 1.23. The van der Waals surface area contributed by atoms with E-state index in [0.29, 0.717) is 5.82 Å². The molecule has 1 heterocycles. The summed E-state index contributed by atoms with van der Waals surface area (Å²) in [6, 6.07) is 0. The zero-order valence-corrected chi connectivity index (χ0v) is 7.26. The highest BCUT2D eigenvalue weighted by Crippen LogP contribution is 1.82. The van der Waals surface area contributed by atoms with E-state index in [-0.39, 0.29) is 5.62 Å². The Labute approximate surface area is 73.5 Å². The molecule has 0 aliphatic carbocycles. The van der Waals surface area contributed by atoms with E-state index in [0.717, 1.165) is 0 Å². The average molecular weight is 183 g/mol. The molecule has 13 heavy (non-hydrogen) atoms. The molecule has 0 atom stereocenters. The van der Waals surface area contributed by atoms with E-state index < -0.39 is 5.03 Å². The molecule has 0 aromatic carbocycles. The molecule has 1 N–H and O–H groups in total. The first-order valence-corrected chi connectivity index (χ1v) is 3.60. The van der Waals surface area contributed by atoms with E-state index in [1.54, 1.807) is 26.1 Å². The van der Waals surface area contributed by atoms with Crippen LogP contribution in [0.4, 0.5) is 0 Å².